The van der Waals surface area contributed by atoms with E-state index in [0.29, 0.717) is 18.1 Å². The molecule has 6 nitrogen and oxygen atoms in total. The summed E-state index contributed by atoms with van der Waals surface area (Å²) in [6.07, 6.45) is 4.70. The van der Waals surface area contributed by atoms with Gasteiger partial charge in [0, 0.05) is 13.0 Å². The number of carbonyl (C=O) groups is 1. The maximum atomic E-state index is 11.7. The average molecular weight is 314 g/mol. The molecule has 0 spiro atoms. The normalized spacial score (nSPS) is 13.7. The van der Waals surface area contributed by atoms with Crippen LogP contribution in [0.2, 0.25) is 0 Å². The first-order valence-corrected chi connectivity index (χ1v) is 8.38. The molecule has 1 heterocycles. The number of aliphatic hydroxyl groups is 1. The van der Waals surface area contributed by atoms with E-state index in [1.54, 1.807) is 6.92 Å². The molecule has 1 rings (SSSR count). The molecule has 2 unspecified atom stereocenters. The number of aliphatic hydroxyl groups excluding tert-OH is 1. The Hall–Kier alpha value is -1.21. The van der Waals surface area contributed by atoms with E-state index in [2.05, 4.69) is 27.8 Å². The minimum atomic E-state index is -0.348. The molecule has 21 heavy (non-hydrogen) atoms. The molecule has 2 amide bonds. The van der Waals surface area contributed by atoms with Crippen LogP contribution in [0.1, 0.15) is 51.5 Å². The lowest BCUT2D eigenvalue weighted by Gasteiger charge is -2.13. The molecule has 1 aromatic rings. The molecule has 0 radical (unpaired) electrons. The summed E-state index contributed by atoms with van der Waals surface area (Å²) in [5.74, 6) is 0.231. The molecule has 0 aromatic carbocycles. The molecule has 0 saturated carbocycles. The van der Waals surface area contributed by atoms with Crippen LogP contribution in [0.4, 0.5) is 9.93 Å². The number of carbonyl (C=O) groups excluding carboxylic acids is 1. The van der Waals surface area contributed by atoms with E-state index in [-0.39, 0.29) is 18.1 Å². The number of nitrogens with zero attached hydrogens (tertiary/aromatic N) is 2. The van der Waals surface area contributed by atoms with Crippen molar-refractivity contribution in [2.75, 3.05) is 11.9 Å². The van der Waals surface area contributed by atoms with E-state index < -0.39 is 0 Å². The van der Waals surface area contributed by atoms with Gasteiger partial charge < -0.3 is 10.4 Å². The van der Waals surface area contributed by atoms with Gasteiger partial charge in [-0.15, -0.1) is 10.2 Å². The van der Waals surface area contributed by atoms with Crippen molar-refractivity contribution < 1.29 is 9.90 Å². The van der Waals surface area contributed by atoms with Gasteiger partial charge in [0.25, 0.3) is 0 Å². The molecule has 120 valence electrons. The lowest BCUT2D eigenvalue weighted by atomic mass is 10.1. The molecule has 3 N–H and O–H groups in total. The summed E-state index contributed by atoms with van der Waals surface area (Å²) < 4.78 is 0. The Bertz CT molecular complexity index is 423. The van der Waals surface area contributed by atoms with E-state index in [4.69, 9.17) is 0 Å². The second-order valence-electron chi connectivity index (χ2n) is 5.48. The molecule has 0 bridgehead atoms. The van der Waals surface area contributed by atoms with Gasteiger partial charge in [-0.2, -0.15) is 0 Å². The fraction of sp³-hybridized carbons (Fsp3) is 0.786. The smallest absolute Gasteiger partial charge is 0.321 e. The number of nitrogens with one attached hydrogen (secondary N) is 2. The first-order valence-electron chi connectivity index (χ1n) is 7.56. The Morgan fingerprint density at radius 2 is 2.10 bits per heavy atom. The summed E-state index contributed by atoms with van der Waals surface area (Å²) >= 11 is 1.42. The predicted octanol–water partition coefficient (Wildman–Crippen LogP) is 2.80. The van der Waals surface area contributed by atoms with Crippen LogP contribution in [-0.4, -0.2) is 34.0 Å². The van der Waals surface area contributed by atoms with Gasteiger partial charge >= 0.3 is 6.03 Å². The molecule has 0 aliphatic rings. The summed E-state index contributed by atoms with van der Waals surface area (Å²) in [4.78, 5) is 11.7. The highest BCUT2D eigenvalue weighted by Crippen LogP contribution is 2.17. The highest BCUT2D eigenvalue weighted by atomic mass is 32.1. The minimum Gasteiger partial charge on any atom is -0.393 e. The third kappa shape index (κ3) is 7.96. The Morgan fingerprint density at radius 3 is 2.76 bits per heavy atom. The SMILES string of the molecule is CCCCCc1nnc(NC(=O)NCC(C)CC(C)O)s1. The lowest BCUT2D eigenvalue weighted by molar-refractivity contribution is 0.163. The van der Waals surface area contributed by atoms with Gasteiger partial charge in [-0.3, -0.25) is 5.32 Å². The molecular formula is C14H26N4O2S. The minimum absolute atomic E-state index is 0.231. The number of aromatic nitrogens is 2. The third-order valence-corrected chi connectivity index (χ3v) is 3.93. The zero-order valence-corrected chi connectivity index (χ0v) is 13.9. The van der Waals surface area contributed by atoms with Gasteiger partial charge in [-0.05, 0) is 25.7 Å². The van der Waals surface area contributed by atoms with Crippen molar-refractivity contribution in [3.8, 4) is 0 Å². The number of aryl methyl sites for hydroxylation is 1. The number of anilines is 1. The van der Waals surface area contributed by atoms with Crippen LogP contribution in [0.15, 0.2) is 0 Å². The topological polar surface area (TPSA) is 87.1 Å². The monoisotopic (exact) mass is 314 g/mol. The highest BCUT2D eigenvalue weighted by Gasteiger charge is 2.10. The van der Waals surface area contributed by atoms with Gasteiger partial charge in [-0.25, -0.2) is 4.79 Å². The Kier molecular flexibility index (Phi) is 8.22. The molecule has 1 aromatic heterocycles. The van der Waals surface area contributed by atoms with Gasteiger partial charge in [0.2, 0.25) is 5.13 Å². The number of unbranched alkanes of at least 4 members (excludes halogenated alkanes) is 2. The molecular weight excluding hydrogens is 288 g/mol. The predicted molar refractivity (Wildman–Crippen MR) is 85.6 cm³/mol. The molecule has 0 aliphatic heterocycles. The second-order valence-corrected chi connectivity index (χ2v) is 6.55. The first-order chi connectivity index (χ1) is 10.0. The summed E-state index contributed by atoms with van der Waals surface area (Å²) in [5.41, 5.74) is 0. The lowest BCUT2D eigenvalue weighted by Crippen LogP contribution is -2.33. The zero-order valence-electron chi connectivity index (χ0n) is 13.1. The third-order valence-electron chi connectivity index (χ3n) is 3.04. The van der Waals surface area contributed by atoms with Gasteiger partial charge in [0.1, 0.15) is 5.01 Å². The van der Waals surface area contributed by atoms with E-state index in [0.717, 1.165) is 17.8 Å². The van der Waals surface area contributed by atoms with Crippen molar-refractivity contribution in [3.63, 3.8) is 0 Å². The van der Waals surface area contributed by atoms with Gasteiger partial charge in [0.05, 0.1) is 6.10 Å². The number of rotatable bonds is 9. The fourth-order valence-corrected chi connectivity index (χ4v) is 2.78. The van der Waals surface area contributed by atoms with Crippen molar-refractivity contribution in [3.05, 3.63) is 5.01 Å². The first kappa shape index (κ1) is 17.8. The van der Waals surface area contributed by atoms with Crippen molar-refractivity contribution >= 4 is 22.5 Å². The van der Waals surface area contributed by atoms with Gasteiger partial charge in [0.15, 0.2) is 0 Å². The van der Waals surface area contributed by atoms with Crippen LogP contribution in [-0.2, 0) is 6.42 Å². The summed E-state index contributed by atoms with van der Waals surface area (Å²) in [6, 6.07) is -0.274. The van der Waals surface area contributed by atoms with Crippen LogP contribution in [0.25, 0.3) is 0 Å². The van der Waals surface area contributed by atoms with Crippen LogP contribution >= 0.6 is 11.3 Å². The number of amides is 2. The summed E-state index contributed by atoms with van der Waals surface area (Å²) in [5, 5.41) is 24.3. The Morgan fingerprint density at radius 1 is 1.33 bits per heavy atom. The van der Waals surface area contributed by atoms with Crippen LogP contribution in [0, 0.1) is 5.92 Å². The maximum Gasteiger partial charge on any atom is 0.321 e. The number of hydrogen-bond donors (Lipinski definition) is 3. The average Bonchev–Trinajstić information content (AvgIpc) is 2.83. The number of urea groups is 1. The van der Waals surface area contributed by atoms with E-state index in [9.17, 15) is 9.90 Å². The largest absolute Gasteiger partial charge is 0.393 e. The van der Waals surface area contributed by atoms with E-state index in [1.807, 2.05) is 6.92 Å². The number of hydrogen-bond acceptors (Lipinski definition) is 5. The summed E-state index contributed by atoms with van der Waals surface area (Å²) in [7, 11) is 0. The van der Waals surface area contributed by atoms with Crippen LogP contribution < -0.4 is 10.6 Å². The van der Waals surface area contributed by atoms with Gasteiger partial charge in [-0.1, -0.05) is 38.0 Å². The fourth-order valence-electron chi connectivity index (χ4n) is 2.01. The molecule has 2 atom stereocenters. The van der Waals surface area contributed by atoms with Crippen molar-refractivity contribution in [1.29, 1.82) is 0 Å². The van der Waals surface area contributed by atoms with Crippen LogP contribution in [0.5, 0.6) is 0 Å². The Balaban J connectivity index is 2.28. The van der Waals surface area contributed by atoms with Crippen molar-refractivity contribution in [1.82, 2.24) is 15.5 Å². The molecule has 0 aliphatic carbocycles. The quantitative estimate of drug-likeness (QED) is 0.612. The van der Waals surface area contributed by atoms with Crippen molar-refractivity contribution in [2.45, 2.75) is 59.0 Å². The standard InChI is InChI=1S/C14H26N4O2S/c1-4-5-6-7-12-17-18-14(21-12)16-13(20)15-9-10(2)8-11(3)19/h10-11,19H,4-9H2,1-3H3,(H2,15,16,18,20). The molecule has 0 fully saturated rings. The zero-order chi connectivity index (χ0) is 15.7. The summed E-state index contributed by atoms with van der Waals surface area (Å²) in [6.45, 7) is 6.43. The van der Waals surface area contributed by atoms with Crippen LogP contribution in [0.3, 0.4) is 0 Å². The molecule has 7 heteroatoms. The molecule has 0 saturated heterocycles. The maximum absolute atomic E-state index is 11.7. The van der Waals surface area contributed by atoms with Crippen molar-refractivity contribution in [2.24, 2.45) is 5.92 Å². The highest BCUT2D eigenvalue weighted by molar-refractivity contribution is 7.15. The van der Waals surface area contributed by atoms with E-state index in [1.165, 1.54) is 24.2 Å². The second kappa shape index (κ2) is 9.68. The van der Waals surface area contributed by atoms with E-state index >= 15 is 0 Å². The Labute approximate surface area is 130 Å².